The summed E-state index contributed by atoms with van der Waals surface area (Å²) in [4.78, 5) is -0.170. The molecule has 0 atom stereocenters. The van der Waals surface area contributed by atoms with Gasteiger partial charge in [0.15, 0.2) is 0 Å². The van der Waals surface area contributed by atoms with E-state index in [0.717, 1.165) is 24.3 Å². The summed E-state index contributed by atoms with van der Waals surface area (Å²) >= 11 is 0. The van der Waals surface area contributed by atoms with E-state index in [-0.39, 0.29) is 26.9 Å². The van der Waals surface area contributed by atoms with Crippen LogP contribution in [-0.4, -0.2) is 27.0 Å². The van der Waals surface area contributed by atoms with Gasteiger partial charge < -0.3 is 0 Å². The van der Waals surface area contributed by atoms with Crippen LogP contribution in [0.2, 0.25) is 0 Å². The minimum Gasteiger partial charge on any atom is -0.281 e. The lowest BCUT2D eigenvalue weighted by molar-refractivity contribution is 0.597. The highest BCUT2D eigenvalue weighted by Crippen LogP contribution is 2.28. The van der Waals surface area contributed by atoms with Crippen LogP contribution in [0.3, 0.4) is 0 Å². The average Bonchev–Trinajstić information content (AvgIpc) is 2.96. The third-order valence-electron chi connectivity index (χ3n) is 3.87. The molecule has 0 radical (unpaired) electrons. The number of hydrogen-bond donors (Lipinski definition) is 3. The van der Waals surface area contributed by atoms with Gasteiger partial charge >= 0.3 is 0 Å². The summed E-state index contributed by atoms with van der Waals surface area (Å²) < 4.78 is 68.3. The van der Waals surface area contributed by atoms with E-state index in [0.29, 0.717) is 5.69 Å². The van der Waals surface area contributed by atoms with E-state index in [4.69, 9.17) is 0 Å². The Morgan fingerprint density at radius 3 is 1.89 bits per heavy atom. The highest BCUT2D eigenvalue weighted by atomic mass is 32.2. The Labute approximate surface area is 161 Å². The van der Waals surface area contributed by atoms with Crippen LogP contribution >= 0.6 is 0 Å². The van der Waals surface area contributed by atoms with Gasteiger partial charge in [0.1, 0.15) is 10.7 Å². The molecule has 1 aromatic heterocycles. The first-order valence-electron chi connectivity index (χ1n) is 8.02. The maximum atomic E-state index is 13.1. The zero-order valence-electron chi connectivity index (χ0n) is 14.9. The topological polar surface area (TPSA) is 121 Å². The van der Waals surface area contributed by atoms with Crippen molar-refractivity contribution in [1.29, 1.82) is 0 Å². The molecule has 3 rings (SSSR count). The maximum absolute atomic E-state index is 13.1. The summed E-state index contributed by atoms with van der Waals surface area (Å²) in [5, 5.41) is 6.46. The number of para-hydroxylation sites is 2. The Morgan fingerprint density at radius 2 is 1.39 bits per heavy atom. The quantitative estimate of drug-likeness (QED) is 0.562. The van der Waals surface area contributed by atoms with E-state index in [2.05, 4.69) is 19.6 Å². The molecule has 1 heterocycles. The molecule has 28 heavy (non-hydrogen) atoms. The van der Waals surface area contributed by atoms with Crippen molar-refractivity contribution < 1.29 is 21.2 Å². The zero-order chi connectivity index (χ0) is 20.5. The fourth-order valence-corrected chi connectivity index (χ4v) is 5.14. The van der Waals surface area contributed by atoms with E-state index in [9.17, 15) is 21.2 Å². The highest BCUT2D eigenvalue weighted by Gasteiger charge is 2.24. The van der Waals surface area contributed by atoms with Gasteiger partial charge in [0, 0.05) is 0 Å². The molecule has 0 aliphatic carbocycles. The van der Waals surface area contributed by atoms with Crippen molar-refractivity contribution in [2.24, 2.45) is 0 Å². The van der Waals surface area contributed by atoms with Crippen molar-refractivity contribution in [3.05, 3.63) is 65.7 Å². The predicted molar refractivity (Wildman–Crippen MR) is 103 cm³/mol. The van der Waals surface area contributed by atoms with Crippen molar-refractivity contribution in [3.63, 3.8) is 0 Å². The van der Waals surface area contributed by atoms with E-state index in [1.54, 1.807) is 26.0 Å². The van der Waals surface area contributed by atoms with Gasteiger partial charge in [-0.05, 0) is 50.2 Å². The summed E-state index contributed by atoms with van der Waals surface area (Å²) in [6.45, 7) is 3.11. The molecule has 0 saturated carbocycles. The second-order valence-electron chi connectivity index (χ2n) is 5.97. The van der Waals surface area contributed by atoms with Crippen LogP contribution in [-0.2, 0) is 20.0 Å². The van der Waals surface area contributed by atoms with Crippen LogP contribution in [0.5, 0.6) is 0 Å². The fraction of sp³-hybridized carbons (Fsp3) is 0.118. The molecule has 3 aromatic rings. The minimum atomic E-state index is -4.05. The summed E-state index contributed by atoms with van der Waals surface area (Å²) in [5.41, 5.74) is 0.700. The molecular weight excluding hydrogens is 407 g/mol. The first-order chi connectivity index (χ1) is 13.1. The fourth-order valence-electron chi connectivity index (χ4n) is 2.61. The van der Waals surface area contributed by atoms with Crippen LogP contribution < -0.4 is 9.44 Å². The van der Waals surface area contributed by atoms with Crippen molar-refractivity contribution >= 4 is 31.4 Å². The second-order valence-corrected chi connectivity index (χ2v) is 9.28. The number of H-pyrrole nitrogens is 1. The minimum absolute atomic E-state index is 0.0105. The number of benzene rings is 2. The number of rotatable bonds is 6. The molecule has 0 spiro atoms. The number of hydrogen-bond acceptors (Lipinski definition) is 5. The number of anilines is 2. The summed E-state index contributed by atoms with van der Waals surface area (Å²) in [5.74, 6) is -0.571. The molecule has 2 aromatic carbocycles. The van der Waals surface area contributed by atoms with Crippen LogP contribution in [0.4, 0.5) is 15.8 Å². The van der Waals surface area contributed by atoms with Gasteiger partial charge in [-0.2, -0.15) is 5.10 Å². The van der Waals surface area contributed by atoms with Crippen molar-refractivity contribution in [1.82, 2.24) is 10.2 Å². The van der Waals surface area contributed by atoms with E-state index in [1.807, 2.05) is 0 Å². The molecule has 0 saturated heterocycles. The third-order valence-corrected chi connectivity index (χ3v) is 6.88. The van der Waals surface area contributed by atoms with Crippen molar-refractivity contribution in [2.45, 2.75) is 23.6 Å². The third kappa shape index (κ3) is 3.99. The van der Waals surface area contributed by atoms with Gasteiger partial charge in [0.25, 0.3) is 20.0 Å². The summed E-state index contributed by atoms with van der Waals surface area (Å²) in [6.07, 6.45) is 0. The SMILES string of the molecule is Cc1n[nH]c(C)c1S(=O)(=O)Nc1ccccc1NS(=O)(=O)c1ccc(F)cc1. The van der Waals surface area contributed by atoms with Crippen LogP contribution in [0.15, 0.2) is 58.3 Å². The standard InChI is InChI=1S/C17H17FN4O4S2/c1-11-17(12(2)20-19-11)28(25,26)22-16-6-4-3-5-15(16)21-27(23,24)14-9-7-13(18)8-10-14/h3-10,21-22H,1-2H3,(H,19,20). The second kappa shape index (κ2) is 7.24. The van der Waals surface area contributed by atoms with Crippen LogP contribution in [0.25, 0.3) is 0 Å². The molecule has 11 heteroatoms. The first kappa shape index (κ1) is 19.8. The molecule has 0 aliphatic heterocycles. The van der Waals surface area contributed by atoms with Gasteiger partial charge in [0.05, 0.1) is 27.7 Å². The van der Waals surface area contributed by atoms with Gasteiger partial charge in [0.2, 0.25) is 0 Å². The number of nitrogens with zero attached hydrogens (tertiary/aromatic N) is 1. The molecule has 3 N–H and O–H groups in total. The number of halogens is 1. The molecule has 148 valence electrons. The lowest BCUT2D eigenvalue weighted by Gasteiger charge is -2.14. The predicted octanol–water partition coefficient (Wildman–Crippen LogP) is 2.77. The normalized spacial score (nSPS) is 12.0. The van der Waals surface area contributed by atoms with Gasteiger partial charge in [-0.1, -0.05) is 12.1 Å². The lowest BCUT2D eigenvalue weighted by Crippen LogP contribution is -2.18. The van der Waals surface area contributed by atoms with E-state index in [1.165, 1.54) is 12.1 Å². The number of nitrogens with one attached hydrogen (secondary N) is 3. The smallest absolute Gasteiger partial charge is 0.265 e. The highest BCUT2D eigenvalue weighted by molar-refractivity contribution is 7.93. The van der Waals surface area contributed by atoms with E-state index < -0.39 is 25.9 Å². The molecule has 0 aliphatic rings. The Bertz CT molecular complexity index is 1200. The van der Waals surface area contributed by atoms with Crippen molar-refractivity contribution in [3.8, 4) is 0 Å². The van der Waals surface area contributed by atoms with Crippen molar-refractivity contribution in [2.75, 3.05) is 9.44 Å². The number of aromatic amines is 1. The Morgan fingerprint density at radius 1 is 0.857 bits per heavy atom. The zero-order valence-corrected chi connectivity index (χ0v) is 16.5. The molecule has 0 amide bonds. The molecular formula is C17H17FN4O4S2. The Kier molecular flexibility index (Phi) is 5.13. The largest absolute Gasteiger partial charge is 0.281 e. The number of aromatic nitrogens is 2. The molecule has 0 bridgehead atoms. The average molecular weight is 424 g/mol. The van der Waals surface area contributed by atoms with Gasteiger partial charge in [-0.3, -0.25) is 14.5 Å². The summed E-state index contributed by atoms with van der Waals surface area (Å²) in [6, 6.07) is 10.2. The van der Waals surface area contributed by atoms with Crippen LogP contribution in [0, 0.1) is 19.7 Å². The summed E-state index contributed by atoms with van der Waals surface area (Å²) in [7, 11) is -8.06. The Hall–Kier alpha value is -2.92. The number of sulfonamides is 2. The Balaban J connectivity index is 1.95. The van der Waals surface area contributed by atoms with E-state index >= 15 is 0 Å². The first-order valence-corrected chi connectivity index (χ1v) is 11.0. The van der Waals surface area contributed by atoms with Crippen LogP contribution in [0.1, 0.15) is 11.4 Å². The molecule has 0 unspecified atom stereocenters. The maximum Gasteiger partial charge on any atom is 0.265 e. The monoisotopic (exact) mass is 424 g/mol. The van der Waals surface area contributed by atoms with Gasteiger partial charge in [-0.15, -0.1) is 0 Å². The lowest BCUT2D eigenvalue weighted by atomic mass is 10.3. The number of aryl methyl sites for hydroxylation is 2. The molecule has 0 fully saturated rings. The molecule has 8 nitrogen and oxygen atoms in total. The van der Waals surface area contributed by atoms with Gasteiger partial charge in [-0.25, -0.2) is 21.2 Å².